The molecule has 178 valence electrons. The fraction of sp³-hybridized carbons (Fsp3) is 0.167. The van der Waals surface area contributed by atoms with E-state index in [1.807, 2.05) is 36.4 Å². The normalized spacial score (nSPS) is 11.0. The van der Waals surface area contributed by atoms with E-state index in [-0.39, 0.29) is 30.3 Å². The third kappa shape index (κ3) is 7.45. The van der Waals surface area contributed by atoms with Crippen molar-refractivity contribution >= 4 is 19.7 Å². The lowest BCUT2D eigenvalue weighted by atomic mass is 10.2. The molecule has 34 heavy (non-hydrogen) atoms. The van der Waals surface area contributed by atoms with Crippen molar-refractivity contribution in [3.63, 3.8) is 0 Å². The Balaban J connectivity index is 1.84. The van der Waals surface area contributed by atoms with E-state index in [0.717, 1.165) is 11.1 Å². The van der Waals surface area contributed by atoms with E-state index in [0.29, 0.717) is 0 Å². The van der Waals surface area contributed by atoms with Gasteiger partial charge in [0.1, 0.15) is 6.54 Å². The van der Waals surface area contributed by atoms with Crippen molar-refractivity contribution < 1.29 is 37.6 Å². The zero-order chi connectivity index (χ0) is 24.4. The van der Waals surface area contributed by atoms with Gasteiger partial charge in [0.25, 0.3) is 5.91 Å². The summed E-state index contributed by atoms with van der Waals surface area (Å²) in [6.45, 7) is -0.651. The fourth-order valence-corrected chi connectivity index (χ4v) is 3.99. The van der Waals surface area contributed by atoms with Crippen molar-refractivity contribution in [1.82, 2.24) is 5.32 Å². The molecule has 0 aliphatic rings. The number of phosphoric acid groups is 1. The van der Waals surface area contributed by atoms with Crippen LogP contribution in [0.5, 0.6) is 11.5 Å². The molecule has 0 fully saturated rings. The summed E-state index contributed by atoms with van der Waals surface area (Å²) in [4.78, 5) is 23.0. The van der Waals surface area contributed by atoms with E-state index in [1.54, 1.807) is 24.3 Å². The van der Waals surface area contributed by atoms with Crippen LogP contribution in [-0.2, 0) is 31.6 Å². The average Bonchev–Trinajstić information content (AvgIpc) is 2.86. The van der Waals surface area contributed by atoms with Gasteiger partial charge in [0.05, 0.1) is 20.3 Å². The van der Waals surface area contributed by atoms with Gasteiger partial charge < -0.3 is 19.7 Å². The van der Waals surface area contributed by atoms with Crippen molar-refractivity contribution in [2.24, 2.45) is 0 Å². The molecule has 0 spiro atoms. The molecule has 0 saturated carbocycles. The maximum absolute atomic E-state index is 13.6. The first-order valence-electron chi connectivity index (χ1n) is 10.2. The van der Waals surface area contributed by atoms with E-state index in [9.17, 15) is 14.2 Å². The minimum Gasteiger partial charge on any atom is -0.493 e. The smallest absolute Gasteiger partial charge is 0.493 e. The first kappa shape index (κ1) is 25.0. The lowest BCUT2D eigenvalue weighted by Crippen LogP contribution is -2.29. The Hall–Kier alpha value is -3.65. The number of carboxylic acids is 1. The molecule has 10 heteroatoms. The number of aliphatic carboxylic acids is 1. The predicted octanol–water partition coefficient (Wildman–Crippen LogP) is 4.43. The van der Waals surface area contributed by atoms with Gasteiger partial charge in [0, 0.05) is 5.56 Å². The molecule has 0 unspecified atom stereocenters. The Morgan fingerprint density at radius 1 is 0.853 bits per heavy atom. The summed E-state index contributed by atoms with van der Waals surface area (Å²) in [5.41, 5.74) is 1.58. The highest BCUT2D eigenvalue weighted by Crippen LogP contribution is 2.52. The zero-order valence-electron chi connectivity index (χ0n) is 18.4. The molecule has 0 heterocycles. The molecule has 3 rings (SSSR count). The van der Waals surface area contributed by atoms with Gasteiger partial charge in [-0.05, 0) is 29.3 Å². The Bertz CT molecular complexity index is 1110. The number of ether oxygens (including phenoxy) is 1. The third-order valence-electron chi connectivity index (χ3n) is 4.50. The van der Waals surface area contributed by atoms with Gasteiger partial charge in [-0.15, -0.1) is 0 Å². The predicted molar refractivity (Wildman–Crippen MR) is 124 cm³/mol. The number of carbonyl (C=O) groups is 2. The molecule has 0 aromatic heterocycles. The summed E-state index contributed by atoms with van der Waals surface area (Å²) in [6.07, 6.45) is 0. The molecule has 0 atom stereocenters. The first-order valence-corrected chi connectivity index (χ1v) is 11.7. The SMILES string of the molecule is COc1ccc(C(=O)NCC(=O)O)cc1OP(=O)(OCc1ccccc1)OCc1ccccc1. The van der Waals surface area contributed by atoms with Gasteiger partial charge in [0.2, 0.25) is 0 Å². The van der Waals surface area contributed by atoms with E-state index in [4.69, 9.17) is 23.4 Å². The summed E-state index contributed by atoms with van der Waals surface area (Å²) in [5, 5.41) is 11.0. The van der Waals surface area contributed by atoms with Gasteiger partial charge in [-0.1, -0.05) is 60.7 Å². The highest BCUT2D eigenvalue weighted by Gasteiger charge is 2.31. The van der Waals surface area contributed by atoms with Gasteiger partial charge in [0.15, 0.2) is 11.5 Å². The number of benzene rings is 3. The van der Waals surface area contributed by atoms with Crippen LogP contribution in [0.1, 0.15) is 21.5 Å². The van der Waals surface area contributed by atoms with Crippen LogP contribution in [0, 0.1) is 0 Å². The molecule has 0 saturated heterocycles. The van der Waals surface area contributed by atoms with Gasteiger partial charge in [-0.25, -0.2) is 4.57 Å². The number of rotatable bonds is 12. The molecule has 0 aliphatic carbocycles. The largest absolute Gasteiger partial charge is 0.530 e. The van der Waals surface area contributed by atoms with Crippen molar-refractivity contribution in [1.29, 1.82) is 0 Å². The molecule has 0 radical (unpaired) electrons. The second-order valence-corrected chi connectivity index (χ2v) is 8.59. The van der Waals surface area contributed by atoms with E-state index in [1.165, 1.54) is 25.3 Å². The summed E-state index contributed by atoms with van der Waals surface area (Å²) in [5.74, 6) is -1.72. The number of phosphoric ester groups is 1. The van der Waals surface area contributed by atoms with E-state index < -0.39 is 26.2 Å². The summed E-state index contributed by atoms with van der Waals surface area (Å²) < 4.78 is 35.7. The number of methoxy groups -OCH3 is 1. The zero-order valence-corrected chi connectivity index (χ0v) is 19.3. The van der Waals surface area contributed by atoms with Crippen LogP contribution in [0.3, 0.4) is 0 Å². The Labute approximate surface area is 196 Å². The monoisotopic (exact) mass is 485 g/mol. The fourth-order valence-electron chi connectivity index (χ4n) is 2.81. The molecule has 0 bridgehead atoms. The molecule has 1 amide bonds. The van der Waals surface area contributed by atoms with Crippen molar-refractivity contribution in [2.75, 3.05) is 13.7 Å². The topological polar surface area (TPSA) is 120 Å². The number of nitrogens with one attached hydrogen (secondary N) is 1. The Kier molecular flexibility index (Phi) is 8.81. The number of hydrogen-bond donors (Lipinski definition) is 2. The lowest BCUT2D eigenvalue weighted by molar-refractivity contribution is -0.135. The van der Waals surface area contributed by atoms with Crippen LogP contribution in [0.4, 0.5) is 0 Å². The van der Waals surface area contributed by atoms with Gasteiger partial charge >= 0.3 is 13.8 Å². The Morgan fingerprint density at radius 2 is 1.41 bits per heavy atom. The van der Waals surface area contributed by atoms with Crippen LogP contribution < -0.4 is 14.6 Å². The maximum Gasteiger partial charge on any atom is 0.530 e. The molecular weight excluding hydrogens is 461 g/mol. The Morgan fingerprint density at radius 3 is 1.91 bits per heavy atom. The first-order chi connectivity index (χ1) is 16.4. The number of amides is 1. The molecule has 0 aliphatic heterocycles. The summed E-state index contributed by atoms with van der Waals surface area (Å²) in [7, 11) is -2.82. The quantitative estimate of drug-likeness (QED) is 0.362. The number of hydrogen-bond acceptors (Lipinski definition) is 7. The summed E-state index contributed by atoms with van der Waals surface area (Å²) >= 11 is 0. The highest BCUT2D eigenvalue weighted by molar-refractivity contribution is 7.48. The highest BCUT2D eigenvalue weighted by atomic mass is 31.2. The maximum atomic E-state index is 13.6. The second-order valence-electron chi connectivity index (χ2n) is 7.00. The minimum absolute atomic E-state index is 0.0476. The standard InChI is InChI=1S/C24H24NO8P/c1-30-21-13-12-20(24(28)25-15-23(26)27)14-22(21)33-34(29,31-16-18-8-4-2-5-9-18)32-17-19-10-6-3-7-11-19/h2-14H,15-17H2,1H3,(H,25,28)(H,26,27). The van der Waals surface area contributed by atoms with Crippen molar-refractivity contribution in [2.45, 2.75) is 13.2 Å². The van der Waals surface area contributed by atoms with Gasteiger partial charge in [-0.2, -0.15) is 0 Å². The molecular formula is C24H24NO8P. The van der Waals surface area contributed by atoms with Crippen molar-refractivity contribution in [3.8, 4) is 11.5 Å². The van der Waals surface area contributed by atoms with E-state index >= 15 is 0 Å². The van der Waals surface area contributed by atoms with Crippen LogP contribution in [0.15, 0.2) is 78.9 Å². The number of carboxylic acid groups (broad SMARTS) is 1. The number of carbonyl (C=O) groups excluding carboxylic acids is 1. The van der Waals surface area contributed by atoms with Crippen molar-refractivity contribution in [3.05, 3.63) is 95.6 Å². The average molecular weight is 485 g/mol. The molecule has 3 aromatic carbocycles. The molecule has 9 nitrogen and oxygen atoms in total. The van der Waals surface area contributed by atoms with E-state index in [2.05, 4.69) is 5.32 Å². The van der Waals surface area contributed by atoms with Crippen LogP contribution in [-0.4, -0.2) is 30.6 Å². The lowest BCUT2D eigenvalue weighted by Gasteiger charge is -2.20. The minimum atomic E-state index is -4.20. The van der Waals surface area contributed by atoms with Crippen LogP contribution in [0.2, 0.25) is 0 Å². The van der Waals surface area contributed by atoms with Gasteiger partial charge in [-0.3, -0.25) is 18.6 Å². The second kappa shape index (κ2) is 12.0. The summed E-state index contributed by atoms with van der Waals surface area (Å²) in [6, 6.07) is 22.3. The molecule has 3 aromatic rings. The van der Waals surface area contributed by atoms with Crippen LogP contribution in [0.25, 0.3) is 0 Å². The van der Waals surface area contributed by atoms with Crippen LogP contribution >= 0.6 is 7.82 Å². The molecule has 2 N–H and O–H groups in total. The third-order valence-corrected chi connectivity index (χ3v) is 5.81.